The lowest BCUT2D eigenvalue weighted by Crippen LogP contribution is -2.25. The third-order valence-corrected chi connectivity index (χ3v) is 4.60. The molecule has 5 heteroatoms. The lowest BCUT2D eigenvalue weighted by Gasteiger charge is -2.08. The number of aryl methyl sites for hydroxylation is 1. The predicted octanol–water partition coefficient (Wildman–Crippen LogP) is 2.05. The Hall–Kier alpha value is -1.07. The summed E-state index contributed by atoms with van der Waals surface area (Å²) >= 11 is 0. The van der Waals surface area contributed by atoms with Gasteiger partial charge in [-0.15, -0.1) is 0 Å². The van der Waals surface area contributed by atoms with Crippen LogP contribution in [-0.2, 0) is 10.0 Å². The van der Waals surface area contributed by atoms with E-state index in [2.05, 4.69) is 4.72 Å². The van der Waals surface area contributed by atoms with Crippen molar-refractivity contribution in [2.45, 2.75) is 37.5 Å². The quantitative estimate of drug-likeness (QED) is 0.612. The molecule has 1 aliphatic rings. The van der Waals surface area contributed by atoms with Crippen molar-refractivity contribution >= 4 is 15.7 Å². The average molecular weight is 268 g/mol. The summed E-state index contributed by atoms with van der Waals surface area (Å²) in [6.07, 6.45) is 4.64. The summed E-state index contributed by atoms with van der Waals surface area (Å²) in [6, 6.07) is 4.89. The molecule has 1 aromatic rings. The van der Waals surface area contributed by atoms with Crippen molar-refractivity contribution < 1.29 is 8.42 Å². The maximum atomic E-state index is 12.0. The minimum absolute atomic E-state index is 0.256. The Balaban J connectivity index is 1.95. The summed E-state index contributed by atoms with van der Waals surface area (Å²) in [6.45, 7) is 2.34. The van der Waals surface area contributed by atoms with Gasteiger partial charge < -0.3 is 5.73 Å². The maximum absolute atomic E-state index is 12.0. The van der Waals surface area contributed by atoms with Gasteiger partial charge in [-0.2, -0.15) is 0 Å². The van der Waals surface area contributed by atoms with E-state index in [1.165, 1.54) is 18.9 Å². The van der Waals surface area contributed by atoms with Crippen LogP contribution in [0.5, 0.6) is 0 Å². The number of anilines is 1. The van der Waals surface area contributed by atoms with Gasteiger partial charge in [0, 0.05) is 12.2 Å². The van der Waals surface area contributed by atoms with E-state index in [4.69, 9.17) is 5.73 Å². The summed E-state index contributed by atoms with van der Waals surface area (Å²) in [7, 11) is -3.41. The van der Waals surface area contributed by atoms with Crippen molar-refractivity contribution in [3.05, 3.63) is 23.8 Å². The van der Waals surface area contributed by atoms with Crippen LogP contribution >= 0.6 is 0 Å². The first kappa shape index (κ1) is 13.4. The molecular weight excluding hydrogens is 248 g/mol. The van der Waals surface area contributed by atoms with E-state index in [1.54, 1.807) is 12.1 Å². The Kier molecular flexibility index (Phi) is 3.92. The Morgan fingerprint density at radius 3 is 2.67 bits per heavy atom. The lowest BCUT2D eigenvalue weighted by atomic mass is 10.2. The van der Waals surface area contributed by atoms with Gasteiger partial charge in [0.05, 0.1) is 4.90 Å². The second kappa shape index (κ2) is 5.28. The van der Waals surface area contributed by atoms with E-state index in [9.17, 15) is 8.42 Å². The summed E-state index contributed by atoms with van der Waals surface area (Å²) in [4.78, 5) is 0.256. The molecule has 0 radical (unpaired) electrons. The van der Waals surface area contributed by atoms with Crippen LogP contribution in [0.3, 0.4) is 0 Å². The molecule has 1 fully saturated rings. The molecule has 0 atom stereocenters. The Morgan fingerprint density at radius 2 is 2.06 bits per heavy atom. The van der Waals surface area contributed by atoms with Crippen molar-refractivity contribution in [3.63, 3.8) is 0 Å². The normalized spacial score (nSPS) is 15.8. The van der Waals surface area contributed by atoms with Crippen molar-refractivity contribution in [1.82, 2.24) is 4.72 Å². The predicted molar refractivity (Wildman–Crippen MR) is 72.7 cm³/mol. The van der Waals surface area contributed by atoms with E-state index in [-0.39, 0.29) is 4.90 Å². The standard InChI is InChI=1S/C13H20N2O2S/c1-10-7-12(14)9-13(8-10)18(16,17)15-6-2-3-11-4-5-11/h7-9,11,15H,2-6,14H2,1H3. The van der Waals surface area contributed by atoms with Gasteiger partial charge in [0.25, 0.3) is 0 Å². The number of nitrogen functional groups attached to an aromatic ring is 1. The Labute approximate surface area is 109 Å². The number of hydrogen-bond acceptors (Lipinski definition) is 3. The second-order valence-electron chi connectivity index (χ2n) is 5.06. The van der Waals surface area contributed by atoms with E-state index in [0.717, 1.165) is 24.3 Å². The summed E-state index contributed by atoms with van der Waals surface area (Å²) in [5, 5.41) is 0. The fourth-order valence-corrected chi connectivity index (χ4v) is 3.23. The van der Waals surface area contributed by atoms with E-state index < -0.39 is 10.0 Å². The molecule has 1 saturated carbocycles. The van der Waals surface area contributed by atoms with Gasteiger partial charge in [0.1, 0.15) is 0 Å². The van der Waals surface area contributed by atoms with E-state index in [0.29, 0.717) is 12.2 Å². The van der Waals surface area contributed by atoms with Crippen LogP contribution < -0.4 is 10.5 Å². The summed E-state index contributed by atoms with van der Waals surface area (Å²) < 4.78 is 26.7. The summed E-state index contributed by atoms with van der Waals surface area (Å²) in [5.41, 5.74) is 7.00. The zero-order valence-electron chi connectivity index (χ0n) is 10.6. The minimum atomic E-state index is -3.41. The average Bonchev–Trinajstić information content (AvgIpc) is 3.07. The highest BCUT2D eigenvalue weighted by atomic mass is 32.2. The van der Waals surface area contributed by atoms with Crippen LogP contribution in [0.4, 0.5) is 5.69 Å². The molecule has 0 aliphatic heterocycles. The molecule has 3 N–H and O–H groups in total. The highest BCUT2D eigenvalue weighted by Crippen LogP contribution is 2.33. The topological polar surface area (TPSA) is 72.2 Å². The molecule has 0 aromatic heterocycles. The van der Waals surface area contributed by atoms with Gasteiger partial charge in [-0.3, -0.25) is 0 Å². The molecule has 1 aliphatic carbocycles. The third kappa shape index (κ3) is 3.71. The fraction of sp³-hybridized carbons (Fsp3) is 0.538. The Bertz CT molecular complexity index is 502. The highest BCUT2D eigenvalue weighted by Gasteiger charge is 2.21. The number of sulfonamides is 1. The molecule has 18 heavy (non-hydrogen) atoms. The number of rotatable bonds is 6. The first-order valence-corrected chi connectivity index (χ1v) is 7.82. The van der Waals surface area contributed by atoms with Crippen molar-refractivity contribution in [1.29, 1.82) is 0 Å². The number of nitrogens with one attached hydrogen (secondary N) is 1. The lowest BCUT2D eigenvalue weighted by molar-refractivity contribution is 0.572. The van der Waals surface area contributed by atoms with Gasteiger partial charge in [0.15, 0.2) is 0 Å². The number of nitrogens with two attached hydrogens (primary N) is 1. The van der Waals surface area contributed by atoms with Crippen LogP contribution in [0.1, 0.15) is 31.2 Å². The molecule has 0 saturated heterocycles. The SMILES string of the molecule is Cc1cc(N)cc(S(=O)(=O)NCCCC2CC2)c1. The molecule has 100 valence electrons. The van der Waals surface area contributed by atoms with Crippen molar-refractivity contribution in [3.8, 4) is 0 Å². The van der Waals surface area contributed by atoms with Gasteiger partial charge in [-0.05, 0) is 49.4 Å². The Morgan fingerprint density at radius 1 is 1.33 bits per heavy atom. The maximum Gasteiger partial charge on any atom is 0.240 e. The van der Waals surface area contributed by atoms with Gasteiger partial charge in [-0.1, -0.05) is 12.8 Å². The zero-order valence-corrected chi connectivity index (χ0v) is 11.5. The highest BCUT2D eigenvalue weighted by molar-refractivity contribution is 7.89. The number of benzene rings is 1. The number of hydrogen-bond donors (Lipinski definition) is 2. The molecule has 0 amide bonds. The zero-order chi connectivity index (χ0) is 13.2. The van der Waals surface area contributed by atoms with Gasteiger partial charge >= 0.3 is 0 Å². The van der Waals surface area contributed by atoms with E-state index in [1.807, 2.05) is 6.92 Å². The molecule has 0 heterocycles. The molecule has 2 rings (SSSR count). The smallest absolute Gasteiger partial charge is 0.240 e. The van der Waals surface area contributed by atoms with Crippen LogP contribution in [0, 0.1) is 12.8 Å². The van der Waals surface area contributed by atoms with Crippen molar-refractivity contribution in [2.24, 2.45) is 5.92 Å². The monoisotopic (exact) mass is 268 g/mol. The third-order valence-electron chi connectivity index (χ3n) is 3.16. The van der Waals surface area contributed by atoms with Gasteiger partial charge in [0.2, 0.25) is 10.0 Å². The molecular formula is C13H20N2O2S. The van der Waals surface area contributed by atoms with Crippen LogP contribution in [0.25, 0.3) is 0 Å². The van der Waals surface area contributed by atoms with Crippen molar-refractivity contribution in [2.75, 3.05) is 12.3 Å². The first-order chi connectivity index (χ1) is 8.47. The minimum Gasteiger partial charge on any atom is -0.399 e. The van der Waals surface area contributed by atoms with Crippen LogP contribution in [-0.4, -0.2) is 15.0 Å². The molecule has 0 bridgehead atoms. The van der Waals surface area contributed by atoms with E-state index >= 15 is 0 Å². The van der Waals surface area contributed by atoms with Crippen LogP contribution in [0.15, 0.2) is 23.1 Å². The van der Waals surface area contributed by atoms with Crippen LogP contribution in [0.2, 0.25) is 0 Å². The van der Waals surface area contributed by atoms with Gasteiger partial charge in [-0.25, -0.2) is 13.1 Å². The molecule has 4 nitrogen and oxygen atoms in total. The second-order valence-corrected chi connectivity index (χ2v) is 6.83. The largest absolute Gasteiger partial charge is 0.399 e. The first-order valence-electron chi connectivity index (χ1n) is 6.34. The summed E-state index contributed by atoms with van der Waals surface area (Å²) in [5.74, 6) is 0.837. The molecule has 0 spiro atoms. The fourth-order valence-electron chi connectivity index (χ4n) is 2.02. The molecule has 1 aromatic carbocycles. The molecule has 0 unspecified atom stereocenters.